The maximum Gasteiger partial charge on any atom is 0.226 e. The number of nitrogens with one attached hydrogen (secondary N) is 2. The van der Waals surface area contributed by atoms with Gasteiger partial charge >= 0.3 is 0 Å². The van der Waals surface area contributed by atoms with Gasteiger partial charge < -0.3 is 20.4 Å². The summed E-state index contributed by atoms with van der Waals surface area (Å²) >= 11 is 11.6. The third kappa shape index (κ3) is 5.57. The molecule has 1 aromatic carbocycles. The molecule has 1 aromatic rings. The van der Waals surface area contributed by atoms with Crippen molar-refractivity contribution in [3.63, 3.8) is 0 Å². The van der Waals surface area contributed by atoms with Gasteiger partial charge in [-0.3, -0.25) is 9.59 Å². The first-order chi connectivity index (χ1) is 12.4. The molecule has 2 rings (SSSR count). The first-order valence-corrected chi connectivity index (χ1v) is 9.66. The highest BCUT2D eigenvalue weighted by Gasteiger charge is 2.21. The van der Waals surface area contributed by atoms with Crippen LogP contribution in [0.15, 0.2) is 18.2 Å². The van der Waals surface area contributed by atoms with Gasteiger partial charge in [-0.15, -0.1) is 0 Å². The zero-order valence-corrected chi connectivity index (χ0v) is 16.8. The summed E-state index contributed by atoms with van der Waals surface area (Å²) in [6.45, 7) is 6.74. The van der Waals surface area contributed by atoms with E-state index in [-0.39, 0.29) is 16.9 Å². The molecular formula is C18H25ClN4O2S. The van der Waals surface area contributed by atoms with E-state index in [9.17, 15) is 9.59 Å². The van der Waals surface area contributed by atoms with Crippen molar-refractivity contribution in [1.29, 1.82) is 0 Å². The molecule has 2 amide bonds. The van der Waals surface area contributed by atoms with Gasteiger partial charge in [0.15, 0.2) is 5.11 Å². The van der Waals surface area contributed by atoms with Crippen LogP contribution in [-0.2, 0) is 9.59 Å². The van der Waals surface area contributed by atoms with E-state index in [1.54, 1.807) is 6.07 Å². The third-order valence-electron chi connectivity index (χ3n) is 4.21. The van der Waals surface area contributed by atoms with Crippen molar-refractivity contribution in [2.45, 2.75) is 33.1 Å². The lowest BCUT2D eigenvalue weighted by Crippen LogP contribution is -2.48. The molecule has 0 radical (unpaired) electrons. The van der Waals surface area contributed by atoms with Crippen LogP contribution in [0.1, 0.15) is 33.1 Å². The Balaban J connectivity index is 1.94. The summed E-state index contributed by atoms with van der Waals surface area (Å²) in [5.74, 6) is 0.0844. The second-order valence-corrected chi connectivity index (χ2v) is 6.96. The third-order valence-corrected chi connectivity index (χ3v) is 4.72. The van der Waals surface area contributed by atoms with E-state index in [0.29, 0.717) is 31.0 Å². The van der Waals surface area contributed by atoms with Gasteiger partial charge in [-0.1, -0.05) is 25.4 Å². The van der Waals surface area contributed by atoms with Crippen molar-refractivity contribution in [3.05, 3.63) is 23.2 Å². The van der Waals surface area contributed by atoms with Gasteiger partial charge in [0.2, 0.25) is 11.8 Å². The molecule has 0 aliphatic carbocycles. The zero-order valence-electron chi connectivity index (χ0n) is 15.2. The molecule has 1 aliphatic rings. The SMILES string of the molecule is CCCC(=O)NC(=S)Nc1ccc(N2CCN(C(=O)CC)CC2)c(Cl)c1. The number of hydrogen-bond acceptors (Lipinski definition) is 4. The maximum atomic E-state index is 11.8. The molecule has 1 aliphatic heterocycles. The Morgan fingerprint density at radius 3 is 2.46 bits per heavy atom. The van der Waals surface area contributed by atoms with Gasteiger partial charge in [-0.2, -0.15) is 0 Å². The molecule has 0 bridgehead atoms. The van der Waals surface area contributed by atoms with E-state index >= 15 is 0 Å². The Kier molecular flexibility index (Phi) is 7.66. The molecule has 0 spiro atoms. The van der Waals surface area contributed by atoms with Crippen LogP contribution in [0.25, 0.3) is 0 Å². The fourth-order valence-electron chi connectivity index (χ4n) is 2.84. The van der Waals surface area contributed by atoms with Crippen molar-refractivity contribution in [3.8, 4) is 0 Å². The van der Waals surface area contributed by atoms with Gasteiger partial charge in [0.05, 0.1) is 10.7 Å². The number of rotatable bonds is 5. The van der Waals surface area contributed by atoms with Crippen LogP contribution in [0.4, 0.5) is 11.4 Å². The van der Waals surface area contributed by atoms with Crippen LogP contribution >= 0.6 is 23.8 Å². The lowest BCUT2D eigenvalue weighted by atomic mass is 10.2. The molecule has 1 saturated heterocycles. The average molecular weight is 397 g/mol. The van der Waals surface area contributed by atoms with Gasteiger partial charge in [-0.05, 0) is 36.8 Å². The molecule has 8 heteroatoms. The predicted molar refractivity (Wildman–Crippen MR) is 110 cm³/mol. The second-order valence-electron chi connectivity index (χ2n) is 6.14. The minimum absolute atomic E-state index is 0.104. The maximum absolute atomic E-state index is 11.8. The molecule has 0 atom stereocenters. The summed E-state index contributed by atoms with van der Waals surface area (Å²) in [6, 6.07) is 5.60. The van der Waals surface area contributed by atoms with E-state index in [1.807, 2.05) is 30.9 Å². The first-order valence-electron chi connectivity index (χ1n) is 8.87. The highest BCUT2D eigenvalue weighted by atomic mass is 35.5. The van der Waals surface area contributed by atoms with Crippen LogP contribution < -0.4 is 15.5 Å². The van der Waals surface area contributed by atoms with Crippen molar-refractivity contribution in [1.82, 2.24) is 10.2 Å². The second kappa shape index (κ2) is 9.73. The summed E-state index contributed by atoms with van der Waals surface area (Å²) in [6.07, 6.45) is 1.75. The number of nitrogens with zero attached hydrogens (tertiary/aromatic N) is 2. The Morgan fingerprint density at radius 1 is 1.19 bits per heavy atom. The highest BCUT2D eigenvalue weighted by molar-refractivity contribution is 7.80. The summed E-state index contributed by atoms with van der Waals surface area (Å²) in [5.41, 5.74) is 1.65. The predicted octanol–water partition coefficient (Wildman–Crippen LogP) is 3.01. The van der Waals surface area contributed by atoms with E-state index in [1.165, 1.54) is 0 Å². The average Bonchev–Trinajstić information content (AvgIpc) is 2.61. The molecule has 0 unspecified atom stereocenters. The molecule has 1 fully saturated rings. The van der Waals surface area contributed by atoms with E-state index in [2.05, 4.69) is 15.5 Å². The number of halogens is 1. The van der Waals surface area contributed by atoms with Crippen LogP contribution in [0.5, 0.6) is 0 Å². The van der Waals surface area contributed by atoms with Crippen LogP contribution in [0, 0.1) is 0 Å². The number of carbonyl (C=O) groups excluding carboxylic acids is 2. The standard InChI is InChI=1S/C18H25ClN4O2S/c1-3-5-16(24)21-18(26)20-13-6-7-15(14(19)12-13)22-8-10-23(11-9-22)17(25)4-2/h6-7,12H,3-5,8-11H2,1-2H3,(H2,20,21,24,26). The highest BCUT2D eigenvalue weighted by Crippen LogP contribution is 2.29. The van der Waals surface area contributed by atoms with Crippen LogP contribution in [-0.4, -0.2) is 48.0 Å². The fourth-order valence-corrected chi connectivity index (χ4v) is 3.37. The van der Waals surface area contributed by atoms with Crippen molar-refractivity contribution >= 4 is 52.1 Å². The molecule has 0 saturated carbocycles. The number of thiocarbonyl (C=S) groups is 1. The fraction of sp³-hybridized carbons (Fsp3) is 0.500. The summed E-state index contributed by atoms with van der Waals surface area (Å²) in [5, 5.41) is 6.48. The summed E-state index contributed by atoms with van der Waals surface area (Å²) in [4.78, 5) is 27.4. The minimum Gasteiger partial charge on any atom is -0.367 e. The first kappa shape index (κ1) is 20.5. The van der Waals surface area contributed by atoms with Gasteiger partial charge in [-0.25, -0.2) is 0 Å². The molecule has 26 heavy (non-hydrogen) atoms. The van der Waals surface area contributed by atoms with Crippen molar-refractivity contribution < 1.29 is 9.59 Å². The largest absolute Gasteiger partial charge is 0.367 e. The molecule has 6 nitrogen and oxygen atoms in total. The number of benzene rings is 1. The number of amides is 2. The normalized spacial score (nSPS) is 14.1. The number of carbonyl (C=O) groups is 2. The number of anilines is 2. The number of piperazine rings is 1. The lowest BCUT2D eigenvalue weighted by molar-refractivity contribution is -0.131. The molecule has 142 valence electrons. The van der Waals surface area contributed by atoms with Gasteiger partial charge in [0.1, 0.15) is 0 Å². The Bertz CT molecular complexity index is 675. The Morgan fingerprint density at radius 2 is 1.88 bits per heavy atom. The molecular weight excluding hydrogens is 372 g/mol. The van der Waals surface area contributed by atoms with Gasteiger partial charge in [0.25, 0.3) is 0 Å². The monoisotopic (exact) mass is 396 g/mol. The van der Waals surface area contributed by atoms with E-state index in [4.69, 9.17) is 23.8 Å². The van der Waals surface area contributed by atoms with Crippen molar-refractivity contribution in [2.75, 3.05) is 36.4 Å². The Hall–Kier alpha value is -1.86. The van der Waals surface area contributed by atoms with Gasteiger partial charge in [0, 0.05) is 44.7 Å². The van der Waals surface area contributed by atoms with Crippen LogP contribution in [0.3, 0.4) is 0 Å². The zero-order chi connectivity index (χ0) is 19.1. The molecule has 2 N–H and O–H groups in total. The number of hydrogen-bond donors (Lipinski definition) is 2. The molecule has 0 aromatic heterocycles. The minimum atomic E-state index is -0.104. The smallest absolute Gasteiger partial charge is 0.226 e. The quantitative estimate of drug-likeness (QED) is 0.749. The lowest BCUT2D eigenvalue weighted by Gasteiger charge is -2.36. The summed E-state index contributed by atoms with van der Waals surface area (Å²) in [7, 11) is 0. The topological polar surface area (TPSA) is 64.7 Å². The van der Waals surface area contributed by atoms with Crippen LogP contribution in [0.2, 0.25) is 5.02 Å². The van der Waals surface area contributed by atoms with E-state index < -0.39 is 0 Å². The Labute approximate surface area is 164 Å². The van der Waals surface area contributed by atoms with E-state index in [0.717, 1.165) is 30.9 Å². The molecule has 1 heterocycles. The van der Waals surface area contributed by atoms with Crippen molar-refractivity contribution in [2.24, 2.45) is 0 Å². The summed E-state index contributed by atoms with van der Waals surface area (Å²) < 4.78 is 0.